The summed E-state index contributed by atoms with van der Waals surface area (Å²) in [4.78, 5) is 34.4. The lowest BCUT2D eigenvalue weighted by atomic mass is 9.77. The number of hydrogen-bond donors (Lipinski definition) is 1. The summed E-state index contributed by atoms with van der Waals surface area (Å²) in [7, 11) is 0. The van der Waals surface area contributed by atoms with Crippen molar-refractivity contribution in [2.24, 2.45) is 11.3 Å². The van der Waals surface area contributed by atoms with Crippen molar-refractivity contribution in [2.45, 2.75) is 65.0 Å². The fourth-order valence-electron chi connectivity index (χ4n) is 5.42. The number of halogens is 1. The van der Waals surface area contributed by atoms with Crippen LogP contribution in [0.4, 0.5) is 0 Å². The van der Waals surface area contributed by atoms with Gasteiger partial charge in [-0.25, -0.2) is 0 Å². The zero-order chi connectivity index (χ0) is 25.5. The van der Waals surface area contributed by atoms with Crippen LogP contribution in [0.15, 0.2) is 48.8 Å². The fourth-order valence-corrected chi connectivity index (χ4v) is 5.62. The molecule has 1 atom stereocenters. The quantitative estimate of drug-likeness (QED) is 0.528. The molecule has 7 heteroatoms. The Balaban J connectivity index is 0.00000148. The molecule has 3 fully saturated rings. The van der Waals surface area contributed by atoms with Crippen molar-refractivity contribution in [1.29, 1.82) is 0 Å². The molecule has 1 aliphatic carbocycles. The Morgan fingerprint density at radius 1 is 1.14 bits per heavy atom. The number of nitrogens with one attached hydrogen (secondary N) is 1. The summed E-state index contributed by atoms with van der Waals surface area (Å²) in [5.41, 5.74) is 1.95. The molecule has 5 rings (SSSR count). The van der Waals surface area contributed by atoms with Gasteiger partial charge in [0.25, 0.3) is 0 Å². The number of likely N-dealkylation sites (tertiary alicyclic amines) is 2. The van der Waals surface area contributed by atoms with E-state index in [1.54, 1.807) is 6.20 Å². The number of nitrogens with zero attached hydrogens (tertiary/aromatic N) is 3. The predicted octanol–water partition coefficient (Wildman–Crippen LogP) is 5.23. The second kappa shape index (κ2) is 12.2. The molecule has 2 aromatic rings. The van der Waals surface area contributed by atoms with E-state index in [0.29, 0.717) is 17.5 Å². The Morgan fingerprint density at radius 2 is 1.89 bits per heavy atom. The van der Waals surface area contributed by atoms with E-state index in [4.69, 9.17) is 11.6 Å². The average Bonchev–Trinajstić information content (AvgIpc) is 3.73. The van der Waals surface area contributed by atoms with E-state index in [1.807, 2.05) is 61.3 Å². The van der Waals surface area contributed by atoms with E-state index in [0.717, 1.165) is 75.8 Å². The Bertz CT molecular complexity index is 1020. The van der Waals surface area contributed by atoms with Crippen LogP contribution in [-0.2, 0) is 16.1 Å². The van der Waals surface area contributed by atoms with Gasteiger partial charge in [0.1, 0.15) is 0 Å². The zero-order valence-corrected chi connectivity index (χ0v) is 22.3. The highest BCUT2D eigenvalue weighted by molar-refractivity contribution is 6.30. The molecule has 3 aliphatic rings. The molecule has 36 heavy (non-hydrogen) atoms. The van der Waals surface area contributed by atoms with E-state index < -0.39 is 0 Å². The molecule has 2 aliphatic heterocycles. The summed E-state index contributed by atoms with van der Waals surface area (Å²) in [5.74, 6) is 0.650. The van der Waals surface area contributed by atoms with Crippen molar-refractivity contribution in [3.8, 4) is 0 Å². The number of rotatable bonds is 8. The summed E-state index contributed by atoms with van der Waals surface area (Å²) < 4.78 is 0. The third-order valence-corrected chi connectivity index (χ3v) is 8.00. The minimum atomic E-state index is -0.203. The lowest BCUT2D eigenvalue weighted by Gasteiger charge is -2.38. The smallest absolute Gasteiger partial charge is 0.229 e. The Kier molecular flexibility index (Phi) is 9.02. The van der Waals surface area contributed by atoms with Gasteiger partial charge in [0.2, 0.25) is 11.8 Å². The van der Waals surface area contributed by atoms with Crippen molar-refractivity contribution < 1.29 is 9.59 Å². The van der Waals surface area contributed by atoms with E-state index in [2.05, 4.69) is 15.2 Å². The van der Waals surface area contributed by atoms with Crippen molar-refractivity contribution in [1.82, 2.24) is 20.1 Å². The van der Waals surface area contributed by atoms with Gasteiger partial charge in [0, 0.05) is 43.0 Å². The van der Waals surface area contributed by atoms with Crippen LogP contribution >= 0.6 is 11.6 Å². The first-order chi connectivity index (χ1) is 17.5. The third-order valence-electron chi connectivity index (χ3n) is 7.76. The van der Waals surface area contributed by atoms with Gasteiger partial charge >= 0.3 is 0 Å². The van der Waals surface area contributed by atoms with E-state index >= 15 is 0 Å². The normalized spacial score (nSPS) is 20.1. The molecule has 1 saturated carbocycles. The largest absolute Gasteiger partial charge is 0.349 e. The molecule has 1 N–H and O–H groups in total. The topological polar surface area (TPSA) is 65.5 Å². The number of benzene rings is 1. The van der Waals surface area contributed by atoms with E-state index in [1.165, 1.54) is 0 Å². The maximum absolute atomic E-state index is 13.3. The molecular formula is C29H39ClN4O2. The molecule has 2 amide bonds. The summed E-state index contributed by atoms with van der Waals surface area (Å²) in [5, 5.41) is 3.95. The maximum Gasteiger partial charge on any atom is 0.229 e. The van der Waals surface area contributed by atoms with Crippen molar-refractivity contribution >= 4 is 23.4 Å². The Labute approximate surface area is 220 Å². The molecule has 0 radical (unpaired) electrons. The molecular weight excluding hydrogens is 472 g/mol. The lowest BCUT2D eigenvalue weighted by Crippen LogP contribution is -2.45. The van der Waals surface area contributed by atoms with Crippen LogP contribution < -0.4 is 5.32 Å². The molecule has 1 spiro atoms. The van der Waals surface area contributed by atoms with Gasteiger partial charge < -0.3 is 15.1 Å². The molecule has 1 unspecified atom stereocenters. The maximum atomic E-state index is 13.3. The van der Waals surface area contributed by atoms with Crippen molar-refractivity contribution in [2.75, 3.05) is 26.2 Å². The SMILES string of the molecule is CC.O=C(NC(CCN1CCC2(CC1)CCN(Cc1cccnc1)C2=O)c1cccc(Cl)c1)C1CC1. The Morgan fingerprint density at radius 3 is 2.56 bits per heavy atom. The molecule has 1 aromatic heterocycles. The van der Waals surface area contributed by atoms with Crippen LogP contribution in [0.2, 0.25) is 5.02 Å². The number of amides is 2. The summed E-state index contributed by atoms with van der Waals surface area (Å²) in [6.07, 6.45) is 9.20. The standard InChI is InChI=1S/C27H33ClN4O2.C2H6/c28-23-5-1-4-22(17-23)24(30-25(33)21-6-7-21)8-13-31-14-9-27(10-15-31)11-16-32(26(27)34)19-20-3-2-12-29-18-20;1-2/h1-5,12,17-18,21,24H,6-11,13-16,19H2,(H,30,33);1-2H3. The van der Waals surface area contributed by atoms with Crippen LogP contribution in [0.3, 0.4) is 0 Å². The number of hydrogen-bond acceptors (Lipinski definition) is 4. The average molecular weight is 511 g/mol. The second-order valence-corrected chi connectivity index (χ2v) is 10.6. The van der Waals surface area contributed by atoms with Gasteiger partial charge in [-0.05, 0) is 80.9 Å². The van der Waals surface area contributed by atoms with Crippen LogP contribution in [0.5, 0.6) is 0 Å². The first-order valence-electron chi connectivity index (χ1n) is 13.5. The summed E-state index contributed by atoms with van der Waals surface area (Å²) in [6, 6.07) is 11.7. The highest BCUT2D eigenvalue weighted by Crippen LogP contribution is 2.42. The molecule has 0 bridgehead atoms. The molecule has 2 saturated heterocycles. The predicted molar refractivity (Wildman–Crippen MR) is 143 cm³/mol. The zero-order valence-electron chi connectivity index (χ0n) is 21.6. The second-order valence-electron chi connectivity index (χ2n) is 10.1. The van der Waals surface area contributed by atoms with Crippen LogP contribution in [-0.4, -0.2) is 52.8 Å². The van der Waals surface area contributed by atoms with Gasteiger partial charge in [-0.1, -0.05) is 43.6 Å². The van der Waals surface area contributed by atoms with Gasteiger partial charge in [0.05, 0.1) is 11.5 Å². The van der Waals surface area contributed by atoms with Crippen LogP contribution in [0.25, 0.3) is 0 Å². The molecule has 194 valence electrons. The monoisotopic (exact) mass is 510 g/mol. The summed E-state index contributed by atoms with van der Waals surface area (Å²) in [6.45, 7) is 8.22. The minimum absolute atomic E-state index is 0.0363. The fraction of sp³-hybridized carbons (Fsp3) is 0.552. The number of aromatic nitrogens is 1. The minimum Gasteiger partial charge on any atom is -0.349 e. The van der Waals surface area contributed by atoms with E-state index in [9.17, 15) is 9.59 Å². The van der Waals surface area contributed by atoms with Crippen LogP contribution in [0.1, 0.15) is 69.5 Å². The van der Waals surface area contributed by atoms with Gasteiger partial charge in [0.15, 0.2) is 0 Å². The summed E-state index contributed by atoms with van der Waals surface area (Å²) >= 11 is 6.23. The number of carbonyl (C=O) groups is 2. The van der Waals surface area contributed by atoms with Crippen molar-refractivity contribution in [3.05, 3.63) is 64.9 Å². The first-order valence-corrected chi connectivity index (χ1v) is 13.9. The van der Waals surface area contributed by atoms with Crippen LogP contribution in [0, 0.1) is 11.3 Å². The Hall–Kier alpha value is -2.44. The highest BCUT2D eigenvalue weighted by Gasteiger charge is 2.47. The van der Waals surface area contributed by atoms with Gasteiger partial charge in [-0.2, -0.15) is 0 Å². The molecule has 3 heterocycles. The molecule has 1 aromatic carbocycles. The number of carbonyl (C=O) groups excluding carboxylic acids is 2. The van der Waals surface area contributed by atoms with Gasteiger partial charge in [-0.3, -0.25) is 14.6 Å². The first kappa shape index (κ1) is 26.6. The number of piperidine rings is 1. The van der Waals surface area contributed by atoms with E-state index in [-0.39, 0.29) is 23.3 Å². The van der Waals surface area contributed by atoms with Crippen molar-refractivity contribution in [3.63, 3.8) is 0 Å². The number of pyridine rings is 1. The van der Waals surface area contributed by atoms with Gasteiger partial charge in [-0.15, -0.1) is 0 Å². The third kappa shape index (κ3) is 6.46. The molecule has 6 nitrogen and oxygen atoms in total. The highest BCUT2D eigenvalue weighted by atomic mass is 35.5. The lowest BCUT2D eigenvalue weighted by molar-refractivity contribution is -0.139.